The minimum atomic E-state index is -1.07. The Morgan fingerprint density at radius 3 is 2.56 bits per heavy atom. The van der Waals surface area contributed by atoms with Crippen LogP contribution in [-0.2, 0) is 14.4 Å². The maximum absolute atomic E-state index is 12.3. The molecule has 1 aliphatic rings. The van der Waals surface area contributed by atoms with Crippen molar-refractivity contribution in [1.82, 2.24) is 10.2 Å². The lowest BCUT2D eigenvalue weighted by Crippen LogP contribution is -2.62. The molecular weight excluding hydrogens is 254 g/mol. The molecule has 3 N–H and O–H groups in total. The highest BCUT2D eigenvalue weighted by Crippen LogP contribution is 2.23. The molecule has 0 aromatic heterocycles. The van der Waals surface area contributed by atoms with E-state index in [0.717, 1.165) is 0 Å². The van der Waals surface area contributed by atoms with Crippen LogP contribution in [0.25, 0.3) is 0 Å². The van der Waals surface area contributed by atoms with Gasteiger partial charge in [-0.15, -0.1) is 0 Å². The van der Waals surface area contributed by atoms with Crippen LogP contribution in [-0.4, -0.2) is 40.2 Å². The first kappa shape index (κ1) is 14.6. The molecule has 0 aromatic rings. The van der Waals surface area contributed by atoms with Gasteiger partial charge in [-0.3, -0.25) is 19.7 Å². The number of nitrogens with zero attached hydrogens (tertiary/aromatic N) is 1. The SMILES string of the molecule is CCC1C(=O)NC(=O)CN1C(=O)C(C)(C)C(N)=S. The molecule has 6 nitrogen and oxygen atoms in total. The average molecular weight is 271 g/mol. The van der Waals surface area contributed by atoms with E-state index in [1.54, 1.807) is 20.8 Å². The van der Waals surface area contributed by atoms with Crippen LogP contribution in [0.2, 0.25) is 0 Å². The number of rotatable bonds is 3. The van der Waals surface area contributed by atoms with Crippen LogP contribution < -0.4 is 11.1 Å². The van der Waals surface area contributed by atoms with Gasteiger partial charge >= 0.3 is 0 Å². The van der Waals surface area contributed by atoms with Gasteiger partial charge in [-0.25, -0.2) is 0 Å². The van der Waals surface area contributed by atoms with Crippen molar-refractivity contribution in [1.29, 1.82) is 0 Å². The summed E-state index contributed by atoms with van der Waals surface area (Å²) < 4.78 is 0. The second-order valence-electron chi connectivity index (χ2n) is 4.76. The molecule has 1 rings (SSSR count). The lowest BCUT2D eigenvalue weighted by atomic mass is 9.90. The Hall–Kier alpha value is -1.50. The molecule has 3 amide bonds. The Bertz CT molecular complexity index is 420. The van der Waals surface area contributed by atoms with Gasteiger partial charge in [-0.05, 0) is 20.3 Å². The number of imide groups is 1. The third-order valence-electron chi connectivity index (χ3n) is 3.05. The van der Waals surface area contributed by atoms with Crippen LogP contribution in [0.3, 0.4) is 0 Å². The third kappa shape index (κ3) is 2.50. The summed E-state index contributed by atoms with van der Waals surface area (Å²) in [5, 5.41) is 2.21. The fourth-order valence-electron chi connectivity index (χ4n) is 1.75. The fraction of sp³-hybridized carbons (Fsp3) is 0.636. The van der Waals surface area contributed by atoms with Crippen molar-refractivity contribution in [2.24, 2.45) is 11.1 Å². The number of hydrogen-bond acceptors (Lipinski definition) is 4. The van der Waals surface area contributed by atoms with Gasteiger partial charge in [0.25, 0.3) is 0 Å². The standard InChI is InChI=1S/C11H17N3O3S/c1-4-6-8(16)13-7(15)5-14(6)10(17)11(2,3)9(12)18/h6H,4-5H2,1-3H3,(H2,12,18)(H,13,15,16). The number of carbonyl (C=O) groups is 3. The quantitative estimate of drug-likeness (QED) is 0.536. The second-order valence-corrected chi connectivity index (χ2v) is 5.20. The van der Waals surface area contributed by atoms with Gasteiger partial charge in [0.2, 0.25) is 17.7 Å². The lowest BCUT2D eigenvalue weighted by molar-refractivity contribution is -0.153. The van der Waals surface area contributed by atoms with E-state index in [1.807, 2.05) is 0 Å². The van der Waals surface area contributed by atoms with E-state index in [1.165, 1.54) is 4.90 Å². The Morgan fingerprint density at radius 1 is 1.56 bits per heavy atom. The smallest absolute Gasteiger partial charge is 0.249 e. The van der Waals surface area contributed by atoms with Gasteiger partial charge < -0.3 is 10.6 Å². The van der Waals surface area contributed by atoms with Crippen LogP contribution in [0.15, 0.2) is 0 Å². The molecule has 0 aliphatic carbocycles. The number of piperazine rings is 1. The summed E-state index contributed by atoms with van der Waals surface area (Å²) in [7, 11) is 0. The highest BCUT2D eigenvalue weighted by Gasteiger charge is 2.42. The zero-order valence-corrected chi connectivity index (χ0v) is 11.5. The summed E-state index contributed by atoms with van der Waals surface area (Å²) in [6.07, 6.45) is 0.429. The summed E-state index contributed by atoms with van der Waals surface area (Å²) in [6.45, 7) is 4.80. The van der Waals surface area contributed by atoms with Crippen molar-refractivity contribution < 1.29 is 14.4 Å². The summed E-state index contributed by atoms with van der Waals surface area (Å²) in [4.78, 5) is 36.7. The van der Waals surface area contributed by atoms with E-state index in [9.17, 15) is 14.4 Å². The summed E-state index contributed by atoms with van der Waals surface area (Å²) >= 11 is 4.86. The second kappa shape index (κ2) is 5.01. The molecule has 1 heterocycles. The molecule has 7 heteroatoms. The fourth-order valence-corrected chi connectivity index (χ4v) is 1.84. The van der Waals surface area contributed by atoms with E-state index in [-0.39, 0.29) is 11.5 Å². The average Bonchev–Trinajstić information content (AvgIpc) is 2.26. The normalized spacial score (nSPS) is 20.6. The maximum Gasteiger partial charge on any atom is 0.249 e. The highest BCUT2D eigenvalue weighted by molar-refractivity contribution is 7.80. The monoisotopic (exact) mass is 271 g/mol. The van der Waals surface area contributed by atoms with Gasteiger partial charge in [0.15, 0.2) is 0 Å². The van der Waals surface area contributed by atoms with Crippen molar-refractivity contribution in [2.75, 3.05) is 6.54 Å². The zero-order valence-electron chi connectivity index (χ0n) is 10.6. The highest BCUT2D eigenvalue weighted by atomic mass is 32.1. The first-order valence-electron chi connectivity index (χ1n) is 5.66. The first-order valence-corrected chi connectivity index (χ1v) is 6.07. The third-order valence-corrected chi connectivity index (χ3v) is 3.56. The topological polar surface area (TPSA) is 92.5 Å². The van der Waals surface area contributed by atoms with Crippen LogP contribution in [0.5, 0.6) is 0 Å². The zero-order chi connectivity index (χ0) is 14.1. The molecule has 100 valence electrons. The number of nitrogens with two attached hydrogens (primary N) is 1. The van der Waals surface area contributed by atoms with E-state index < -0.39 is 29.2 Å². The van der Waals surface area contributed by atoms with Gasteiger partial charge in [0.1, 0.15) is 12.6 Å². The number of carbonyl (C=O) groups excluding carboxylic acids is 3. The molecule has 0 saturated carbocycles. The summed E-state index contributed by atoms with van der Waals surface area (Å²) in [5.74, 6) is -1.34. The molecule has 0 radical (unpaired) electrons. The largest absolute Gasteiger partial charge is 0.392 e. The Morgan fingerprint density at radius 2 is 2.11 bits per heavy atom. The number of nitrogens with one attached hydrogen (secondary N) is 1. The first-order chi connectivity index (χ1) is 8.21. The van der Waals surface area contributed by atoms with E-state index >= 15 is 0 Å². The minimum absolute atomic E-state index is 0.0424. The summed E-state index contributed by atoms with van der Waals surface area (Å²) in [5.41, 5.74) is 4.46. The number of amides is 3. The molecule has 1 atom stereocenters. The van der Waals surface area contributed by atoms with Crippen LogP contribution in [0, 0.1) is 5.41 Å². The summed E-state index contributed by atoms with van der Waals surface area (Å²) in [6, 6.07) is -0.649. The van der Waals surface area contributed by atoms with Crippen molar-refractivity contribution >= 4 is 34.9 Å². The van der Waals surface area contributed by atoms with E-state index in [4.69, 9.17) is 18.0 Å². The van der Waals surface area contributed by atoms with Crippen molar-refractivity contribution in [3.8, 4) is 0 Å². The molecule has 1 saturated heterocycles. The molecule has 0 bridgehead atoms. The molecule has 0 spiro atoms. The molecule has 1 fully saturated rings. The number of hydrogen-bond donors (Lipinski definition) is 2. The molecule has 18 heavy (non-hydrogen) atoms. The Labute approximate surface area is 111 Å². The van der Waals surface area contributed by atoms with Crippen molar-refractivity contribution in [2.45, 2.75) is 33.2 Å². The Kier molecular flexibility index (Phi) is 4.05. The molecule has 1 unspecified atom stereocenters. The Balaban J connectivity index is 3.05. The van der Waals surface area contributed by atoms with Crippen LogP contribution in [0.1, 0.15) is 27.2 Å². The molecule has 1 aliphatic heterocycles. The number of thiocarbonyl (C=S) groups is 1. The van der Waals surface area contributed by atoms with Gasteiger partial charge in [0.05, 0.1) is 10.4 Å². The lowest BCUT2D eigenvalue weighted by Gasteiger charge is -2.37. The van der Waals surface area contributed by atoms with Crippen molar-refractivity contribution in [3.05, 3.63) is 0 Å². The van der Waals surface area contributed by atoms with Gasteiger partial charge in [-0.1, -0.05) is 19.1 Å². The predicted molar refractivity (Wildman–Crippen MR) is 69.5 cm³/mol. The van der Waals surface area contributed by atoms with Crippen molar-refractivity contribution in [3.63, 3.8) is 0 Å². The molecule has 0 aromatic carbocycles. The van der Waals surface area contributed by atoms with Crippen LogP contribution >= 0.6 is 12.2 Å². The van der Waals surface area contributed by atoms with E-state index in [0.29, 0.717) is 6.42 Å². The predicted octanol–water partition coefficient (Wildman–Crippen LogP) is -0.438. The maximum atomic E-state index is 12.3. The van der Waals surface area contributed by atoms with Crippen LogP contribution in [0.4, 0.5) is 0 Å². The van der Waals surface area contributed by atoms with Gasteiger partial charge in [0, 0.05) is 0 Å². The minimum Gasteiger partial charge on any atom is -0.392 e. The van der Waals surface area contributed by atoms with Gasteiger partial charge in [-0.2, -0.15) is 0 Å². The molecular formula is C11H17N3O3S. The van der Waals surface area contributed by atoms with E-state index in [2.05, 4.69) is 5.32 Å².